The Labute approximate surface area is 89.3 Å². The monoisotopic (exact) mass is 211 g/mol. The van der Waals surface area contributed by atoms with E-state index in [4.69, 9.17) is 5.11 Å². The molecule has 1 amide bonds. The Kier molecular flexibility index (Phi) is 2.44. The molecule has 1 saturated carbocycles. The van der Waals surface area contributed by atoms with Crippen LogP contribution in [0.5, 0.6) is 0 Å². The number of aliphatic carboxylic acids is 1. The van der Waals surface area contributed by atoms with Gasteiger partial charge in [-0.05, 0) is 31.6 Å². The molecule has 1 unspecified atom stereocenters. The molecule has 0 aromatic carbocycles. The fourth-order valence-electron chi connectivity index (χ4n) is 3.19. The van der Waals surface area contributed by atoms with Crippen molar-refractivity contribution in [2.24, 2.45) is 5.92 Å². The number of rotatable bonds is 2. The quantitative estimate of drug-likeness (QED) is 0.748. The molecule has 0 radical (unpaired) electrons. The van der Waals surface area contributed by atoms with Crippen molar-refractivity contribution in [1.82, 2.24) is 4.90 Å². The van der Waals surface area contributed by atoms with Crippen LogP contribution in [-0.4, -0.2) is 34.0 Å². The van der Waals surface area contributed by atoms with Gasteiger partial charge in [0.25, 0.3) is 0 Å². The maximum absolute atomic E-state index is 11.5. The van der Waals surface area contributed by atoms with Gasteiger partial charge >= 0.3 is 5.97 Å². The smallest absolute Gasteiger partial charge is 0.303 e. The summed E-state index contributed by atoms with van der Waals surface area (Å²) in [5, 5.41) is 8.85. The first-order chi connectivity index (χ1) is 7.06. The van der Waals surface area contributed by atoms with Crippen LogP contribution < -0.4 is 0 Å². The SMILES string of the molecule is CC(=O)N1CCC(CC(=O)O)C12CCC2. The molecule has 4 heteroatoms. The fourth-order valence-corrected chi connectivity index (χ4v) is 3.19. The van der Waals surface area contributed by atoms with E-state index in [0.29, 0.717) is 0 Å². The number of hydrogen-bond acceptors (Lipinski definition) is 2. The molecule has 4 nitrogen and oxygen atoms in total. The molecule has 1 aliphatic heterocycles. The molecule has 1 aliphatic carbocycles. The number of carbonyl (C=O) groups is 2. The first kappa shape index (κ1) is 10.5. The van der Waals surface area contributed by atoms with Crippen LogP contribution in [0.15, 0.2) is 0 Å². The fraction of sp³-hybridized carbons (Fsp3) is 0.818. The van der Waals surface area contributed by atoms with E-state index in [0.717, 1.165) is 32.2 Å². The van der Waals surface area contributed by atoms with Crippen LogP contribution in [0.1, 0.15) is 39.0 Å². The summed E-state index contributed by atoms with van der Waals surface area (Å²) in [6.07, 6.45) is 4.17. The summed E-state index contributed by atoms with van der Waals surface area (Å²) in [7, 11) is 0. The zero-order chi connectivity index (χ0) is 11.1. The highest BCUT2D eigenvalue weighted by atomic mass is 16.4. The zero-order valence-electron chi connectivity index (χ0n) is 9.03. The third kappa shape index (κ3) is 1.52. The number of carboxylic acids is 1. The molecule has 0 aromatic heterocycles. The van der Waals surface area contributed by atoms with Crippen LogP contribution in [0.25, 0.3) is 0 Å². The molecule has 1 heterocycles. The maximum Gasteiger partial charge on any atom is 0.303 e. The Balaban J connectivity index is 2.15. The van der Waals surface area contributed by atoms with E-state index in [2.05, 4.69) is 0 Å². The van der Waals surface area contributed by atoms with Gasteiger partial charge in [0.05, 0.1) is 6.42 Å². The summed E-state index contributed by atoms with van der Waals surface area (Å²) in [4.78, 5) is 24.1. The van der Waals surface area contributed by atoms with Gasteiger partial charge < -0.3 is 10.0 Å². The molecule has 2 fully saturated rings. The maximum atomic E-state index is 11.5. The van der Waals surface area contributed by atoms with E-state index in [-0.39, 0.29) is 23.8 Å². The van der Waals surface area contributed by atoms with Crippen LogP contribution in [-0.2, 0) is 9.59 Å². The van der Waals surface area contributed by atoms with Crippen LogP contribution >= 0.6 is 0 Å². The highest BCUT2D eigenvalue weighted by Crippen LogP contribution is 2.50. The molecule has 0 bridgehead atoms. The van der Waals surface area contributed by atoms with E-state index in [9.17, 15) is 9.59 Å². The molecule has 1 N–H and O–H groups in total. The Bertz CT molecular complexity index is 296. The summed E-state index contributed by atoms with van der Waals surface area (Å²) in [5.74, 6) is -0.466. The summed E-state index contributed by atoms with van der Waals surface area (Å²) in [5.41, 5.74) is -0.0930. The minimum atomic E-state index is -0.739. The van der Waals surface area contributed by atoms with Crippen LogP contribution in [0, 0.1) is 5.92 Å². The largest absolute Gasteiger partial charge is 0.481 e. The van der Waals surface area contributed by atoms with E-state index in [1.165, 1.54) is 0 Å². The zero-order valence-corrected chi connectivity index (χ0v) is 9.03. The van der Waals surface area contributed by atoms with Gasteiger partial charge in [-0.2, -0.15) is 0 Å². The lowest BCUT2D eigenvalue weighted by atomic mass is 9.67. The molecule has 84 valence electrons. The highest BCUT2D eigenvalue weighted by molar-refractivity contribution is 5.75. The van der Waals surface area contributed by atoms with Crippen molar-refractivity contribution < 1.29 is 14.7 Å². The van der Waals surface area contributed by atoms with Crippen molar-refractivity contribution in [2.75, 3.05) is 6.54 Å². The van der Waals surface area contributed by atoms with Gasteiger partial charge in [-0.3, -0.25) is 9.59 Å². The Morgan fingerprint density at radius 2 is 2.13 bits per heavy atom. The second-order valence-electron chi connectivity index (χ2n) is 4.71. The second-order valence-corrected chi connectivity index (χ2v) is 4.71. The van der Waals surface area contributed by atoms with Gasteiger partial charge in [0.2, 0.25) is 5.91 Å². The number of carboxylic acid groups (broad SMARTS) is 1. The van der Waals surface area contributed by atoms with Crippen molar-refractivity contribution in [3.8, 4) is 0 Å². The Morgan fingerprint density at radius 1 is 1.47 bits per heavy atom. The normalized spacial score (nSPS) is 27.8. The van der Waals surface area contributed by atoms with Gasteiger partial charge in [-0.15, -0.1) is 0 Å². The van der Waals surface area contributed by atoms with E-state index in [1.807, 2.05) is 4.90 Å². The topological polar surface area (TPSA) is 57.6 Å². The molecular weight excluding hydrogens is 194 g/mol. The third-order valence-electron chi connectivity index (χ3n) is 4.02. The summed E-state index contributed by atoms with van der Waals surface area (Å²) in [6.45, 7) is 2.33. The van der Waals surface area contributed by atoms with Crippen molar-refractivity contribution in [2.45, 2.75) is 44.6 Å². The van der Waals surface area contributed by atoms with Crippen molar-refractivity contribution in [3.63, 3.8) is 0 Å². The van der Waals surface area contributed by atoms with Crippen molar-refractivity contribution in [3.05, 3.63) is 0 Å². The summed E-state index contributed by atoms with van der Waals surface area (Å²) >= 11 is 0. The van der Waals surface area contributed by atoms with Gasteiger partial charge in [0.1, 0.15) is 0 Å². The van der Waals surface area contributed by atoms with Crippen LogP contribution in [0.2, 0.25) is 0 Å². The predicted molar refractivity (Wildman–Crippen MR) is 54.3 cm³/mol. The average Bonchev–Trinajstić information content (AvgIpc) is 2.41. The lowest BCUT2D eigenvalue weighted by Gasteiger charge is -2.49. The molecule has 1 spiro atoms. The number of amides is 1. The molecule has 15 heavy (non-hydrogen) atoms. The van der Waals surface area contributed by atoms with Crippen LogP contribution in [0.4, 0.5) is 0 Å². The Morgan fingerprint density at radius 3 is 2.53 bits per heavy atom. The van der Waals surface area contributed by atoms with Crippen molar-refractivity contribution in [1.29, 1.82) is 0 Å². The first-order valence-corrected chi connectivity index (χ1v) is 5.56. The molecule has 2 rings (SSSR count). The standard InChI is InChI=1S/C11H17NO3/c1-8(13)12-6-3-9(7-10(14)15)11(12)4-2-5-11/h9H,2-7H2,1H3,(H,14,15). The number of hydrogen-bond donors (Lipinski definition) is 1. The van der Waals surface area contributed by atoms with Gasteiger partial charge in [0, 0.05) is 19.0 Å². The van der Waals surface area contributed by atoms with Crippen LogP contribution in [0.3, 0.4) is 0 Å². The first-order valence-electron chi connectivity index (χ1n) is 5.56. The second kappa shape index (κ2) is 3.51. The highest BCUT2D eigenvalue weighted by Gasteiger charge is 2.53. The van der Waals surface area contributed by atoms with E-state index < -0.39 is 5.97 Å². The Hall–Kier alpha value is -1.06. The minimum absolute atomic E-state index is 0.0930. The molecule has 0 aromatic rings. The lowest BCUT2D eigenvalue weighted by molar-refractivity contribution is -0.144. The summed E-state index contributed by atoms with van der Waals surface area (Å²) in [6, 6.07) is 0. The predicted octanol–water partition coefficient (Wildman–Crippen LogP) is 1.25. The van der Waals surface area contributed by atoms with E-state index >= 15 is 0 Å². The number of likely N-dealkylation sites (tertiary alicyclic amines) is 1. The van der Waals surface area contributed by atoms with Gasteiger partial charge in [0.15, 0.2) is 0 Å². The molecule has 1 atom stereocenters. The third-order valence-corrected chi connectivity index (χ3v) is 4.02. The number of carbonyl (C=O) groups excluding carboxylic acids is 1. The van der Waals surface area contributed by atoms with E-state index in [1.54, 1.807) is 6.92 Å². The molecule has 2 aliphatic rings. The molecular formula is C11H17NO3. The van der Waals surface area contributed by atoms with Gasteiger partial charge in [-0.25, -0.2) is 0 Å². The lowest BCUT2D eigenvalue weighted by Crippen LogP contribution is -2.55. The van der Waals surface area contributed by atoms with Gasteiger partial charge in [-0.1, -0.05) is 0 Å². The average molecular weight is 211 g/mol. The minimum Gasteiger partial charge on any atom is -0.481 e. The number of nitrogens with zero attached hydrogens (tertiary/aromatic N) is 1. The van der Waals surface area contributed by atoms with Crippen molar-refractivity contribution >= 4 is 11.9 Å². The molecule has 1 saturated heterocycles. The summed E-state index contributed by atoms with van der Waals surface area (Å²) < 4.78 is 0.